The lowest BCUT2D eigenvalue weighted by Gasteiger charge is -2.40. The highest BCUT2D eigenvalue weighted by Gasteiger charge is 2.53. The zero-order valence-electron chi connectivity index (χ0n) is 19.0. The average molecular weight is 491 g/mol. The van der Waals surface area contributed by atoms with Gasteiger partial charge in [0.25, 0.3) is 0 Å². The van der Waals surface area contributed by atoms with Crippen molar-refractivity contribution in [1.29, 1.82) is 0 Å². The molecule has 184 valence electrons. The number of sulfone groups is 1. The van der Waals surface area contributed by atoms with Crippen molar-refractivity contribution in [2.75, 3.05) is 13.2 Å². The Morgan fingerprint density at radius 2 is 1.62 bits per heavy atom. The zero-order valence-corrected chi connectivity index (χ0v) is 19.8. The summed E-state index contributed by atoms with van der Waals surface area (Å²) < 4.78 is 42.7. The van der Waals surface area contributed by atoms with Gasteiger partial charge in [0.05, 0.1) is 5.25 Å². The number of hydrogen-bond acceptors (Lipinski definition) is 8. The normalized spacial score (nSPS) is 29.1. The second kappa shape index (κ2) is 9.13. The summed E-state index contributed by atoms with van der Waals surface area (Å²) in [7, 11) is -3.78. The number of ether oxygens (including phenoxy) is 3. The van der Waals surface area contributed by atoms with Gasteiger partial charge in [0.2, 0.25) is 0 Å². The lowest BCUT2D eigenvalue weighted by molar-refractivity contribution is -0.202. The number of hydrogen-bond donors (Lipinski definition) is 3. The number of aliphatic hydroxyl groups excluding tert-OH is 3. The lowest BCUT2D eigenvalue weighted by Crippen LogP contribution is -2.57. The molecule has 2 fully saturated rings. The van der Waals surface area contributed by atoms with Crippen molar-refractivity contribution in [1.82, 2.24) is 0 Å². The minimum absolute atomic E-state index is 0.502. The van der Waals surface area contributed by atoms with Crippen LogP contribution in [0.3, 0.4) is 0 Å². The summed E-state index contributed by atoms with van der Waals surface area (Å²) in [4.78, 5) is 0. The Morgan fingerprint density at radius 3 is 2.32 bits per heavy atom. The Bertz CT molecular complexity index is 1160. The molecule has 0 bridgehead atoms. The molecule has 2 aliphatic heterocycles. The molecule has 2 heterocycles. The summed E-state index contributed by atoms with van der Waals surface area (Å²) in [5, 5.41) is 31.0. The second-order valence-corrected chi connectivity index (χ2v) is 11.5. The van der Waals surface area contributed by atoms with E-state index in [0.717, 1.165) is 23.1 Å². The van der Waals surface area contributed by atoms with Crippen LogP contribution in [0.15, 0.2) is 36.4 Å². The van der Waals surface area contributed by atoms with Gasteiger partial charge in [-0.1, -0.05) is 31.2 Å². The van der Waals surface area contributed by atoms with Crippen molar-refractivity contribution >= 4 is 9.84 Å². The van der Waals surface area contributed by atoms with E-state index in [-0.39, 0.29) is 0 Å². The van der Waals surface area contributed by atoms with Crippen LogP contribution in [0.2, 0.25) is 0 Å². The van der Waals surface area contributed by atoms with Gasteiger partial charge < -0.3 is 29.5 Å². The third kappa shape index (κ3) is 4.31. The molecule has 0 aromatic heterocycles. The standard InChI is InChI=1S/C25H30O8S/c1-2-15-4-5-16(13-17(15)11-14-3-8-19-20(12-14)32-10-9-31-19)24-22(27)21(26)23(28)25(33-24)34(29,30)18-6-7-18/h3-5,8,12-13,18,21-28H,2,6-7,9-11H2,1H3/t21-,22-,23+,24+,25?/m1/s1. The number of aryl methyl sites for hydroxylation is 1. The molecule has 8 nitrogen and oxygen atoms in total. The highest BCUT2D eigenvalue weighted by atomic mass is 32.2. The maximum absolute atomic E-state index is 12.8. The molecule has 3 N–H and O–H groups in total. The number of aliphatic hydroxyl groups is 3. The Morgan fingerprint density at radius 1 is 0.882 bits per heavy atom. The van der Waals surface area contributed by atoms with Crippen LogP contribution in [0.5, 0.6) is 11.5 Å². The van der Waals surface area contributed by atoms with Gasteiger partial charge in [0.1, 0.15) is 37.6 Å². The molecule has 0 radical (unpaired) electrons. The van der Waals surface area contributed by atoms with Crippen LogP contribution in [0.25, 0.3) is 0 Å². The highest BCUT2D eigenvalue weighted by molar-refractivity contribution is 7.92. The Balaban J connectivity index is 1.45. The molecule has 1 unspecified atom stereocenters. The van der Waals surface area contributed by atoms with Crippen molar-refractivity contribution < 1.29 is 37.9 Å². The van der Waals surface area contributed by atoms with Crippen LogP contribution in [0, 0.1) is 0 Å². The van der Waals surface area contributed by atoms with Crippen LogP contribution in [-0.4, -0.2) is 65.9 Å². The van der Waals surface area contributed by atoms with E-state index in [9.17, 15) is 23.7 Å². The second-order valence-electron chi connectivity index (χ2n) is 9.22. The monoisotopic (exact) mass is 490 g/mol. The first kappa shape index (κ1) is 23.6. The minimum Gasteiger partial charge on any atom is -0.486 e. The van der Waals surface area contributed by atoms with E-state index < -0.39 is 44.9 Å². The van der Waals surface area contributed by atoms with Crippen molar-refractivity contribution in [2.24, 2.45) is 0 Å². The Kier molecular flexibility index (Phi) is 6.32. The first-order valence-corrected chi connectivity index (χ1v) is 13.3. The number of benzene rings is 2. The van der Waals surface area contributed by atoms with E-state index >= 15 is 0 Å². The molecular formula is C25H30O8S. The van der Waals surface area contributed by atoms with Gasteiger partial charge in [-0.05, 0) is 60.1 Å². The summed E-state index contributed by atoms with van der Waals surface area (Å²) in [6, 6.07) is 11.4. The molecule has 1 saturated heterocycles. The van der Waals surface area contributed by atoms with E-state index in [2.05, 4.69) is 0 Å². The summed E-state index contributed by atoms with van der Waals surface area (Å²) in [5.41, 5.74) is 2.10. The van der Waals surface area contributed by atoms with Gasteiger partial charge in [-0.3, -0.25) is 0 Å². The molecule has 0 spiro atoms. The summed E-state index contributed by atoms with van der Waals surface area (Å²) in [6.07, 6.45) is -3.48. The van der Waals surface area contributed by atoms with Gasteiger partial charge in [-0.15, -0.1) is 0 Å². The van der Waals surface area contributed by atoms with Gasteiger partial charge in [0, 0.05) is 0 Å². The quantitative estimate of drug-likeness (QED) is 0.559. The fraction of sp³-hybridized carbons (Fsp3) is 0.520. The first-order valence-electron chi connectivity index (χ1n) is 11.7. The van der Waals surface area contributed by atoms with Crippen molar-refractivity contribution in [3.63, 3.8) is 0 Å². The molecule has 2 aromatic rings. The van der Waals surface area contributed by atoms with E-state index in [0.29, 0.717) is 49.5 Å². The summed E-state index contributed by atoms with van der Waals surface area (Å²) >= 11 is 0. The fourth-order valence-corrected chi connectivity index (χ4v) is 6.73. The third-order valence-corrected chi connectivity index (χ3v) is 9.26. The zero-order chi connectivity index (χ0) is 24.0. The van der Waals surface area contributed by atoms with Crippen LogP contribution < -0.4 is 9.47 Å². The smallest absolute Gasteiger partial charge is 0.188 e. The maximum Gasteiger partial charge on any atom is 0.188 e. The van der Waals surface area contributed by atoms with E-state index in [4.69, 9.17) is 14.2 Å². The van der Waals surface area contributed by atoms with Crippen molar-refractivity contribution in [3.8, 4) is 11.5 Å². The Labute approximate surface area is 199 Å². The highest BCUT2D eigenvalue weighted by Crippen LogP contribution is 2.40. The van der Waals surface area contributed by atoms with Gasteiger partial charge in [0.15, 0.2) is 26.8 Å². The summed E-state index contributed by atoms with van der Waals surface area (Å²) in [5.74, 6) is 1.42. The first-order chi connectivity index (χ1) is 16.3. The molecule has 2 aromatic carbocycles. The molecule has 5 rings (SSSR count). The molecule has 1 saturated carbocycles. The average Bonchev–Trinajstić information content (AvgIpc) is 3.69. The molecule has 9 heteroatoms. The van der Waals surface area contributed by atoms with Crippen molar-refractivity contribution in [3.05, 3.63) is 58.7 Å². The molecule has 0 amide bonds. The molecular weight excluding hydrogens is 460 g/mol. The molecule has 5 atom stereocenters. The van der Waals surface area contributed by atoms with Gasteiger partial charge in [-0.25, -0.2) is 8.42 Å². The predicted molar refractivity (Wildman–Crippen MR) is 124 cm³/mol. The fourth-order valence-electron chi connectivity index (χ4n) is 4.73. The lowest BCUT2D eigenvalue weighted by atomic mass is 9.90. The van der Waals surface area contributed by atoms with Gasteiger partial charge in [-0.2, -0.15) is 0 Å². The SMILES string of the molecule is CCc1ccc([C@@H]2OC(S(=O)(=O)C3CC3)[C@@H](O)[C@H](O)[C@H]2O)cc1Cc1ccc2c(c1)OCCO2. The van der Waals surface area contributed by atoms with E-state index in [1.807, 2.05) is 37.3 Å². The topological polar surface area (TPSA) is 123 Å². The predicted octanol–water partition coefficient (Wildman–Crippen LogP) is 1.67. The molecule has 3 aliphatic rings. The maximum atomic E-state index is 12.8. The molecule has 34 heavy (non-hydrogen) atoms. The number of rotatable bonds is 6. The van der Waals surface area contributed by atoms with Crippen LogP contribution in [-0.2, 0) is 27.4 Å². The minimum atomic E-state index is -3.78. The van der Waals surface area contributed by atoms with E-state index in [1.54, 1.807) is 6.07 Å². The third-order valence-electron chi connectivity index (χ3n) is 6.82. The van der Waals surface area contributed by atoms with E-state index in [1.165, 1.54) is 0 Å². The summed E-state index contributed by atoms with van der Waals surface area (Å²) in [6.45, 7) is 3.07. The van der Waals surface area contributed by atoms with Crippen molar-refractivity contribution in [2.45, 2.75) is 67.7 Å². The van der Waals surface area contributed by atoms with Gasteiger partial charge >= 0.3 is 0 Å². The largest absolute Gasteiger partial charge is 0.486 e. The Hall–Kier alpha value is -2.17. The van der Waals surface area contributed by atoms with Crippen LogP contribution >= 0.6 is 0 Å². The van der Waals surface area contributed by atoms with Crippen LogP contribution in [0.4, 0.5) is 0 Å². The molecule has 1 aliphatic carbocycles. The van der Waals surface area contributed by atoms with Crippen LogP contribution in [0.1, 0.15) is 48.1 Å². The number of fused-ring (bicyclic) bond motifs is 1.